The molecule has 0 spiro atoms. The molecule has 0 heterocycles. The predicted molar refractivity (Wildman–Crippen MR) is 102 cm³/mol. The van der Waals surface area contributed by atoms with E-state index < -0.39 is 0 Å². The van der Waals surface area contributed by atoms with Gasteiger partial charge in [-0.3, -0.25) is 9.59 Å². The molecule has 1 fully saturated rings. The fourth-order valence-electron chi connectivity index (χ4n) is 3.06. The zero-order valence-electron chi connectivity index (χ0n) is 14.7. The molecule has 3 rings (SSSR count). The summed E-state index contributed by atoms with van der Waals surface area (Å²) in [6, 6.07) is 13.8. The van der Waals surface area contributed by atoms with Crippen LogP contribution in [0.25, 0.3) is 0 Å². The molecule has 0 aliphatic heterocycles. The molecule has 0 bridgehead atoms. The van der Waals surface area contributed by atoms with E-state index in [1.807, 2.05) is 30.5 Å². The van der Waals surface area contributed by atoms with Crippen LogP contribution in [-0.4, -0.2) is 36.6 Å². The Bertz CT molecular complexity index is 810. The molecular formula is C20H21FN2O2S. The second-order valence-electron chi connectivity index (χ2n) is 6.44. The van der Waals surface area contributed by atoms with Gasteiger partial charge >= 0.3 is 0 Å². The first-order valence-electron chi connectivity index (χ1n) is 8.43. The molecule has 2 aromatic rings. The van der Waals surface area contributed by atoms with Crippen LogP contribution in [0.15, 0.2) is 53.4 Å². The number of amides is 2. The summed E-state index contributed by atoms with van der Waals surface area (Å²) < 4.78 is 13.0. The van der Waals surface area contributed by atoms with Crippen molar-refractivity contribution in [3.8, 4) is 0 Å². The first-order chi connectivity index (χ1) is 12.5. The maximum absolute atomic E-state index is 13.0. The maximum atomic E-state index is 13.0. The Morgan fingerprint density at radius 1 is 1.19 bits per heavy atom. The molecule has 2 aromatic carbocycles. The minimum atomic E-state index is -0.281. The third-order valence-electron chi connectivity index (χ3n) is 4.54. The molecule has 2 unspecified atom stereocenters. The van der Waals surface area contributed by atoms with Crippen LogP contribution in [0.2, 0.25) is 0 Å². The van der Waals surface area contributed by atoms with Crippen LogP contribution in [-0.2, 0) is 9.59 Å². The Hall–Kier alpha value is -2.34. The lowest BCUT2D eigenvalue weighted by atomic mass is 10.1. The lowest BCUT2D eigenvalue weighted by Crippen LogP contribution is -2.36. The fourth-order valence-corrected chi connectivity index (χ4v) is 3.61. The number of nitrogens with zero attached hydrogens (tertiary/aromatic N) is 1. The van der Waals surface area contributed by atoms with Crippen molar-refractivity contribution >= 4 is 29.3 Å². The van der Waals surface area contributed by atoms with Crippen molar-refractivity contribution in [2.45, 2.75) is 17.2 Å². The summed E-state index contributed by atoms with van der Waals surface area (Å²) in [5, 5.41) is 2.86. The maximum Gasteiger partial charge on any atom is 0.244 e. The van der Waals surface area contributed by atoms with E-state index in [2.05, 4.69) is 5.32 Å². The van der Waals surface area contributed by atoms with E-state index in [-0.39, 0.29) is 36.0 Å². The van der Waals surface area contributed by atoms with Gasteiger partial charge in [0.1, 0.15) is 5.82 Å². The van der Waals surface area contributed by atoms with Gasteiger partial charge in [-0.1, -0.05) is 24.3 Å². The Morgan fingerprint density at radius 2 is 1.88 bits per heavy atom. The van der Waals surface area contributed by atoms with Gasteiger partial charge < -0.3 is 10.2 Å². The van der Waals surface area contributed by atoms with Gasteiger partial charge in [-0.15, -0.1) is 11.8 Å². The van der Waals surface area contributed by atoms with Crippen LogP contribution in [0.4, 0.5) is 10.1 Å². The summed E-state index contributed by atoms with van der Waals surface area (Å²) in [4.78, 5) is 27.2. The molecular weight excluding hydrogens is 351 g/mol. The molecule has 4 nitrogen and oxygen atoms in total. The zero-order valence-corrected chi connectivity index (χ0v) is 15.6. The highest BCUT2D eigenvalue weighted by Crippen LogP contribution is 2.48. The number of likely N-dealkylation sites (N-methyl/N-ethyl adjacent to an activating group) is 1. The van der Waals surface area contributed by atoms with E-state index in [4.69, 9.17) is 0 Å². The van der Waals surface area contributed by atoms with Crippen molar-refractivity contribution in [3.63, 3.8) is 0 Å². The lowest BCUT2D eigenvalue weighted by molar-refractivity contribution is -0.134. The monoisotopic (exact) mass is 372 g/mol. The topological polar surface area (TPSA) is 49.4 Å². The van der Waals surface area contributed by atoms with Gasteiger partial charge in [-0.05, 0) is 48.4 Å². The Morgan fingerprint density at radius 3 is 2.58 bits per heavy atom. The highest BCUT2D eigenvalue weighted by atomic mass is 32.2. The van der Waals surface area contributed by atoms with Gasteiger partial charge in [0.15, 0.2) is 0 Å². The van der Waals surface area contributed by atoms with Gasteiger partial charge in [0.05, 0.1) is 12.2 Å². The van der Waals surface area contributed by atoms with E-state index in [0.29, 0.717) is 0 Å². The van der Waals surface area contributed by atoms with Gasteiger partial charge in [-0.25, -0.2) is 4.39 Å². The molecule has 1 saturated carbocycles. The number of halogens is 1. The van der Waals surface area contributed by atoms with Crippen LogP contribution >= 0.6 is 11.8 Å². The number of para-hydroxylation sites is 1. The molecule has 0 saturated heterocycles. The van der Waals surface area contributed by atoms with Gasteiger partial charge in [0, 0.05) is 17.9 Å². The van der Waals surface area contributed by atoms with Crippen molar-refractivity contribution < 1.29 is 14.0 Å². The second-order valence-corrected chi connectivity index (χ2v) is 7.29. The van der Waals surface area contributed by atoms with Crippen LogP contribution in [0.3, 0.4) is 0 Å². The SMILES string of the molecule is CSc1ccccc1NC(=O)CN(C)C(=O)C1CC1c1ccc(F)cc1. The summed E-state index contributed by atoms with van der Waals surface area (Å²) in [5.74, 6) is -0.562. The van der Waals surface area contributed by atoms with Crippen LogP contribution in [0, 0.1) is 11.7 Å². The molecule has 26 heavy (non-hydrogen) atoms. The summed E-state index contributed by atoms with van der Waals surface area (Å²) in [7, 11) is 1.64. The fraction of sp³-hybridized carbons (Fsp3) is 0.300. The average molecular weight is 372 g/mol. The Labute approximate surface area is 156 Å². The number of hydrogen-bond acceptors (Lipinski definition) is 3. The van der Waals surface area contributed by atoms with E-state index in [1.165, 1.54) is 17.0 Å². The molecule has 0 aromatic heterocycles. The van der Waals surface area contributed by atoms with E-state index in [9.17, 15) is 14.0 Å². The van der Waals surface area contributed by atoms with Crippen molar-refractivity contribution in [2.75, 3.05) is 25.2 Å². The number of nitrogens with one attached hydrogen (secondary N) is 1. The lowest BCUT2D eigenvalue weighted by Gasteiger charge is -2.17. The molecule has 0 radical (unpaired) electrons. The standard InChI is InChI=1S/C20H21FN2O2S/c1-23(12-19(24)22-17-5-3-4-6-18(17)26-2)20(25)16-11-15(16)13-7-9-14(21)10-8-13/h3-10,15-16H,11-12H2,1-2H3,(H,22,24). The largest absolute Gasteiger partial charge is 0.336 e. The summed E-state index contributed by atoms with van der Waals surface area (Å²) in [6.07, 6.45) is 2.69. The Kier molecular flexibility index (Phi) is 5.61. The number of thioether (sulfide) groups is 1. The molecule has 2 atom stereocenters. The number of rotatable bonds is 6. The number of carbonyl (C=O) groups excluding carboxylic acids is 2. The number of benzene rings is 2. The number of anilines is 1. The van der Waals surface area contributed by atoms with E-state index in [0.717, 1.165) is 22.6 Å². The number of carbonyl (C=O) groups is 2. The van der Waals surface area contributed by atoms with Crippen LogP contribution in [0.1, 0.15) is 17.9 Å². The third kappa shape index (κ3) is 4.25. The van der Waals surface area contributed by atoms with Crippen molar-refractivity contribution in [3.05, 3.63) is 59.9 Å². The third-order valence-corrected chi connectivity index (χ3v) is 5.34. The highest BCUT2D eigenvalue weighted by molar-refractivity contribution is 7.98. The first-order valence-corrected chi connectivity index (χ1v) is 9.65. The minimum Gasteiger partial charge on any atom is -0.336 e. The summed E-state index contributed by atoms with van der Waals surface area (Å²) in [5.41, 5.74) is 1.72. The van der Waals surface area contributed by atoms with Gasteiger partial charge in [0.25, 0.3) is 0 Å². The predicted octanol–water partition coefficient (Wildman–Crippen LogP) is 3.75. The highest BCUT2D eigenvalue weighted by Gasteiger charge is 2.45. The molecule has 1 N–H and O–H groups in total. The van der Waals surface area contributed by atoms with Crippen molar-refractivity contribution in [1.82, 2.24) is 4.90 Å². The van der Waals surface area contributed by atoms with E-state index in [1.54, 1.807) is 30.9 Å². The van der Waals surface area contributed by atoms with Crippen LogP contribution in [0.5, 0.6) is 0 Å². The average Bonchev–Trinajstić information content (AvgIpc) is 3.42. The van der Waals surface area contributed by atoms with Crippen molar-refractivity contribution in [2.24, 2.45) is 5.92 Å². The van der Waals surface area contributed by atoms with Gasteiger partial charge in [-0.2, -0.15) is 0 Å². The minimum absolute atomic E-state index is 0.00812. The summed E-state index contributed by atoms with van der Waals surface area (Å²) >= 11 is 1.55. The van der Waals surface area contributed by atoms with Crippen LogP contribution < -0.4 is 5.32 Å². The van der Waals surface area contributed by atoms with Gasteiger partial charge in [0.2, 0.25) is 11.8 Å². The molecule has 1 aliphatic rings. The first kappa shape index (κ1) is 18.5. The zero-order chi connectivity index (χ0) is 18.7. The molecule has 6 heteroatoms. The number of hydrogen-bond donors (Lipinski definition) is 1. The molecule has 136 valence electrons. The second kappa shape index (κ2) is 7.91. The Balaban J connectivity index is 1.54. The normalized spacial score (nSPS) is 18.3. The smallest absolute Gasteiger partial charge is 0.244 e. The van der Waals surface area contributed by atoms with Crippen molar-refractivity contribution in [1.29, 1.82) is 0 Å². The van der Waals surface area contributed by atoms with E-state index >= 15 is 0 Å². The summed E-state index contributed by atoms with van der Waals surface area (Å²) in [6.45, 7) is 0.00812. The molecule has 1 aliphatic carbocycles. The molecule has 2 amide bonds. The quantitative estimate of drug-likeness (QED) is 0.786.